The van der Waals surface area contributed by atoms with Crippen LogP contribution in [0.15, 0.2) is 42.0 Å². The van der Waals surface area contributed by atoms with Crippen LogP contribution in [0.25, 0.3) is 11.0 Å². The number of halogens is 2. The third kappa shape index (κ3) is 3.83. The summed E-state index contributed by atoms with van der Waals surface area (Å²) in [6.07, 6.45) is -1.64. The quantitative estimate of drug-likeness (QED) is 0.344. The van der Waals surface area contributed by atoms with E-state index in [1.165, 1.54) is 17.5 Å². The van der Waals surface area contributed by atoms with Gasteiger partial charge in [0.15, 0.2) is 22.9 Å². The van der Waals surface area contributed by atoms with Gasteiger partial charge < -0.3 is 24.9 Å². The SMILES string of the molecule is O=C(Nc1nc2cc3c(cc2[nH]1)OC(F)(F)O3)c1csc(NC(O)c2ccncc2)n1. The largest absolute Gasteiger partial charge is 0.586 e. The lowest BCUT2D eigenvalue weighted by atomic mass is 10.2. The summed E-state index contributed by atoms with van der Waals surface area (Å²) in [5, 5.41) is 17.4. The van der Waals surface area contributed by atoms with Crippen molar-refractivity contribution < 1.29 is 28.2 Å². The van der Waals surface area contributed by atoms with Gasteiger partial charge in [0.25, 0.3) is 5.91 Å². The van der Waals surface area contributed by atoms with Crippen molar-refractivity contribution in [3.8, 4) is 11.5 Å². The number of fused-ring (bicyclic) bond motifs is 2. The van der Waals surface area contributed by atoms with Crippen molar-refractivity contribution in [2.24, 2.45) is 0 Å². The smallest absolute Gasteiger partial charge is 0.395 e. The Balaban J connectivity index is 1.28. The molecule has 5 rings (SSSR count). The van der Waals surface area contributed by atoms with Crippen molar-refractivity contribution in [2.45, 2.75) is 12.5 Å². The first-order valence-electron chi connectivity index (χ1n) is 8.77. The number of anilines is 2. The standard InChI is InChI=1S/C18H12F2N6O4S/c19-18(20)29-12-5-9-10(6-13(12)30-18)23-16(22-9)25-15(28)11-7-31-17(24-11)26-14(27)8-1-3-21-4-2-8/h1-7,14,27H,(H,24,26)(H2,22,23,25,28). The molecule has 1 aliphatic heterocycles. The highest BCUT2D eigenvalue weighted by atomic mass is 32.1. The Bertz CT molecular complexity index is 1230. The Morgan fingerprint density at radius 1 is 1.19 bits per heavy atom. The number of rotatable bonds is 5. The number of hydrogen-bond donors (Lipinski definition) is 4. The summed E-state index contributed by atoms with van der Waals surface area (Å²) in [6.45, 7) is 0. The summed E-state index contributed by atoms with van der Waals surface area (Å²) in [5.41, 5.74) is 1.37. The van der Waals surface area contributed by atoms with Crippen LogP contribution in [-0.4, -0.2) is 37.2 Å². The molecule has 0 saturated carbocycles. The highest BCUT2D eigenvalue weighted by Gasteiger charge is 2.43. The van der Waals surface area contributed by atoms with E-state index in [1.807, 2.05) is 0 Å². The van der Waals surface area contributed by atoms with E-state index in [1.54, 1.807) is 24.5 Å². The van der Waals surface area contributed by atoms with Gasteiger partial charge in [-0.05, 0) is 12.1 Å². The highest BCUT2D eigenvalue weighted by Crippen LogP contribution is 2.42. The lowest BCUT2D eigenvalue weighted by Gasteiger charge is -2.11. The molecule has 0 saturated heterocycles. The van der Waals surface area contributed by atoms with Crippen molar-refractivity contribution in [3.05, 3.63) is 53.3 Å². The Hall–Kier alpha value is -3.84. The minimum Gasteiger partial charge on any atom is -0.395 e. The van der Waals surface area contributed by atoms with Crippen LogP contribution in [0.5, 0.6) is 11.5 Å². The first-order chi connectivity index (χ1) is 14.9. The second-order valence-electron chi connectivity index (χ2n) is 6.39. The van der Waals surface area contributed by atoms with Gasteiger partial charge in [0.05, 0.1) is 11.0 Å². The number of benzene rings is 1. The van der Waals surface area contributed by atoms with E-state index in [9.17, 15) is 18.7 Å². The van der Waals surface area contributed by atoms with Crippen molar-refractivity contribution >= 4 is 39.4 Å². The van der Waals surface area contributed by atoms with Gasteiger partial charge in [0.2, 0.25) is 5.95 Å². The number of aliphatic hydroxyl groups excluding tert-OH is 1. The van der Waals surface area contributed by atoms with Crippen LogP contribution in [0.4, 0.5) is 19.9 Å². The van der Waals surface area contributed by atoms with E-state index in [4.69, 9.17) is 0 Å². The van der Waals surface area contributed by atoms with E-state index >= 15 is 0 Å². The molecule has 31 heavy (non-hydrogen) atoms. The van der Waals surface area contributed by atoms with Gasteiger partial charge in [-0.15, -0.1) is 20.1 Å². The minimum atomic E-state index is -3.72. The van der Waals surface area contributed by atoms with Crippen LogP contribution < -0.4 is 20.1 Å². The Kier molecular flexibility index (Phi) is 4.41. The van der Waals surface area contributed by atoms with Crippen LogP contribution in [0.1, 0.15) is 22.3 Å². The number of nitrogens with zero attached hydrogens (tertiary/aromatic N) is 3. The number of alkyl halides is 2. The molecule has 4 N–H and O–H groups in total. The molecule has 0 spiro atoms. The molecule has 10 nitrogen and oxygen atoms in total. The Morgan fingerprint density at radius 2 is 1.94 bits per heavy atom. The average molecular weight is 446 g/mol. The number of carbonyl (C=O) groups excluding carboxylic acids is 1. The summed E-state index contributed by atoms with van der Waals surface area (Å²) in [5.74, 6) is -0.741. The van der Waals surface area contributed by atoms with Gasteiger partial charge in [0.1, 0.15) is 5.69 Å². The van der Waals surface area contributed by atoms with E-state index in [0.29, 0.717) is 21.7 Å². The molecule has 1 aromatic carbocycles. The summed E-state index contributed by atoms with van der Waals surface area (Å²) in [6, 6.07) is 5.88. The summed E-state index contributed by atoms with van der Waals surface area (Å²) >= 11 is 1.14. The van der Waals surface area contributed by atoms with Crippen LogP contribution in [0, 0.1) is 0 Å². The summed E-state index contributed by atoms with van der Waals surface area (Å²) in [7, 11) is 0. The predicted octanol–water partition coefficient (Wildman–Crippen LogP) is 3.09. The molecule has 13 heteroatoms. The number of imidazole rings is 1. The molecule has 1 amide bonds. The lowest BCUT2D eigenvalue weighted by Crippen LogP contribution is -2.25. The Morgan fingerprint density at radius 3 is 2.71 bits per heavy atom. The van der Waals surface area contributed by atoms with Crippen LogP contribution >= 0.6 is 11.3 Å². The zero-order valence-electron chi connectivity index (χ0n) is 15.3. The fraction of sp³-hybridized carbons (Fsp3) is 0.111. The van der Waals surface area contributed by atoms with E-state index in [0.717, 1.165) is 11.3 Å². The number of aliphatic hydroxyl groups is 1. The molecule has 158 valence electrons. The zero-order valence-corrected chi connectivity index (χ0v) is 16.1. The third-order valence-electron chi connectivity index (χ3n) is 4.26. The Labute approximate surface area is 175 Å². The molecule has 1 unspecified atom stereocenters. The number of nitrogens with one attached hydrogen (secondary N) is 3. The number of hydrogen-bond acceptors (Lipinski definition) is 9. The number of aromatic nitrogens is 4. The van der Waals surface area contributed by atoms with Crippen LogP contribution in [0.3, 0.4) is 0 Å². The predicted molar refractivity (Wildman–Crippen MR) is 105 cm³/mol. The molecule has 3 aromatic heterocycles. The van der Waals surface area contributed by atoms with Crippen molar-refractivity contribution in [1.29, 1.82) is 0 Å². The van der Waals surface area contributed by atoms with Crippen molar-refractivity contribution in [1.82, 2.24) is 19.9 Å². The molecule has 0 aliphatic carbocycles. The van der Waals surface area contributed by atoms with Gasteiger partial charge in [-0.1, -0.05) is 0 Å². The van der Waals surface area contributed by atoms with Gasteiger partial charge >= 0.3 is 6.29 Å². The van der Waals surface area contributed by atoms with Crippen molar-refractivity contribution in [3.63, 3.8) is 0 Å². The van der Waals surface area contributed by atoms with Crippen LogP contribution in [-0.2, 0) is 0 Å². The monoisotopic (exact) mass is 446 g/mol. The molecule has 0 bridgehead atoms. The number of pyridine rings is 1. The normalized spacial score (nSPS) is 15.1. The summed E-state index contributed by atoms with van der Waals surface area (Å²) in [4.78, 5) is 27.4. The van der Waals surface area contributed by atoms with Crippen molar-refractivity contribution in [2.75, 3.05) is 10.6 Å². The number of H-pyrrole nitrogens is 1. The number of thiazole rings is 1. The van der Waals surface area contributed by atoms with E-state index in [2.05, 4.69) is 40.0 Å². The number of aromatic amines is 1. The first-order valence-corrected chi connectivity index (χ1v) is 9.65. The third-order valence-corrected chi connectivity index (χ3v) is 5.03. The van der Waals surface area contributed by atoms with Gasteiger partial charge in [-0.2, -0.15) is 0 Å². The fourth-order valence-corrected chi connectivity index (χ4v) is 3.59. The lowest BCUT2D eigenvalue weighted by molar-refractivity contribution is -0.286. The van der Waals surface area contributed by atoms with Gasteiger partial charge in [-0.3, -0.25) is 15.1 Å². The summed E-state index contributed by atoms with van der Waals surface area (Å²) < 4.78 is 35.1. The maximum atomic E-state index is 13.1. The zero-order chi connectivity index (χ0) is 21.6. The minimum absolute atomic E-state index is 0.0924. The highest BCUT2D eigenvalue weighted by molar-refractivity contribution is 7.13. The number of amides is 1. The second kappa shape index (κ2) is 7.14. The van der Waals surface area contributed by atoms with Crippen LogP contribution in [0.2, 0.25) is 0 Å². The van der Waals surface area contributed by atoms with Gasteiger partial charge in [-0.25, -0.2) is 9.97 Å². The molecule has 0 radical (unpaired) electrons. The average Bonchev–Trinajstić information content (AvgIpc) is 3.41. The van der Waals surface area contributed by atoms with E-state index in [-0.39, 0.29) is 23.1 Å². The van der Waals surface area contributed by atoms with E-state index < -0.39 is 18.4 Å². The molecule has 1 aliphatic rings. The fourth-order valence-electron chi connectivity index (χ4n) is 2.88. The molecule has 1 atom stereocenters. The topological polar surface area (TPSA) is 134 Å². The maximum Gasteiger partial charge on any atom is 0.586 e. The molecule has 4 aromatic rings. The molecular formula is C18H12F2N6O4S. The molecular weight excluding hydrogens is 434 g/mol. The number of carbonyl (C=O) groups is 1. The maximum absolute atomic E-state index is 13.1. The van der Waals surface area contributed by atoms with Gasteiger partial charge in [0, 0.05) is 35.5 Å². The second-order valence-corrected chi connectivity index (χ2v) is 7.25. The molecule has 0 fully saturated rings. The first kappa shape index (κ1) is 19.1. The number of ether oxygens (including phenoxy) is 2. The molecule has 4 heterocycles.